The van der Waals surface area contributed by atoms with Gasteiger partial charge in [0.1, 0.15) is 29.4 Å². The third kappa shape index (κ3) is 39.2. The van der Waals surface area contributed by atoms with Crippen LogP contribution >= 0.6 is 0 Å². The summed E-state index contributed by atoms with van der Waals surface area (Å²) in [5.74, 6) is -10.0. The maximum absolute atomic E-state index is 13.6. The van der Waals surface area contributed by atoms with Crippen LogP contribution in [0.25, 0.3) is 0 Å². The standard InChI is InChI=1S/C66H108N6O17/c1-6-8-28-53(69-45-58(78)66(4,5)72-62(83)55(70-46(3)73)42-47-31-35-50(74)36-32-47)57(77)44-68-52(56(76)7-2)29-25-26-41-67-59(79)39-34-49(64(86)87)43-51(75)37-38-54(65(88)89)71-60(80)40-33-48(63(84)85)27-23-21-19-17-15-13-11-9-10-12-14-16-18-20-22-24-30-61(81)82/h31-32,35-36,48-49,52-55,68-69,74H,6-30,33-34,37-45H2,1-5H3,(H,67,79)(H,70,73)(H,71,80)(H,72,83)(H,81,82)(H,84,85)(H,86,87)(H,88,89)/t48-,49+,52-,53-,54-,55+/m0/s1. The predicted molar refractivity (Wildman–Crippen MR) is 337 cm³/mol. The molecule has 0 aromatic heterocycles. The van der Waals surface area contributed by atoms with Crippen LogP contribution in [-0.4, -0.2) is 146 Å². The summed E-state index contributed by atoms with van der Waals surface area (Å²) in [7, 11) is 0. The highest BCUT2D eigenvalue weighted by Crippen LogP contribution is 2.21. The van der Waals surface area contributed by atoms with Crippen LogP contribution in [0, 0.1) is 11.8 Å². The van der Waals surface area contributed by atoms with E-state index in [-0.39, 0.29) is 94.7 Å². The van der Waals surface area contributed by atoms with E-state index in [0.29, 0.717) is 50.5 Å². The van der Waals surface area contributed by atoms with Crippen molar-refractivity contribution in [1.82, 2.24) is 31.9 Å². The average molecular weight is 1260 g/mol. The Hall–Kier alpha value is -6.62. The van der Waals surface area contributed by atoms with Crippen LogP contribution in [0.4, 0.5) is 0 Å². The summed E-state index contributed by atoms with van der Waals surface area (Å²) in [6.07, 6.45) is 19.5. The number of Topliss-reactive ketones (excluding diaryl/α,β-unsaturated/α-hetero) is 4. The zero-order valence-corrected chi connectivity index (χ0v) is 53.9. The molecule has 23 nitrogen and oxygen atoms in total. The Morgan fingerprint density at radius 1 is 0.483 bits per heavy atom. The van der Waals surface area contributed by atoms with Crippen molar-refractivity contribution < 1.29 is 83.1 Å². The minimum absolute atomic E-state index is 0.0193. The van der Waals surface area contributed by atoms with Gasteiger partial charge in [0.05, 0.1) is 42.5 Å². The second-order valence-electron chi connectivity index (χ2n) is 24.3. The van der Waals surface area contributed by atoms with E-state index in [1.165, 1.54) is 77.8 Å². The predicted octanol–water partition coefficient (Wildman–Crippen LogP) is 8.22. The molecule has 4 amide bonds. The number of carboxylic acid groups (broad SMARTS) is 4. The number of phenolic OH excluding ortho intramolecular Hbond substituents is 1. The molecular weight excluding hydrogens is 1150 g/mol. The molecule has 0 saturated heterocycles. The van der Waals surface area contributed by atoms with Gasteiger partial charge in [-0.25, -0.2) is 4.79 Å². The van der Waals surface area contributed by atoms with Crippen molar-refractivity contribution in [3.8, 4) is 5.75 Å². The molecule has 0 unspecified atom stereocenters. The van der Waals surface area contributed by atoms with E-state index < -0.39 is 107 Å². The molecule has 0 aliphatic carbocycles. The second kappa shape index (κ2) is 47.3. The lowest BCUT2D eigenvalue weighted by atomic mass is 9.94. The second-order valence-corrected chi connectivity index (χ2v) is 24.3. The fourth-order valence-corrected chi connectivity index (χ4v) is 10.4. The number of phenols is 1. The molecule has 0 saturated carbocycles. The van der Waals surface area contributed by atoms with Crippen LogP contribution in [-0.2, 0) is 64.0 Å². The van der Waals surface area contributed by atoms with Crippen LogP contribution in [0.1, 0.15) is 246 Å². The first-order chi connectivity index (χ1) is 42.3. The van der Waals surface area contributed by atoms with Gasteiger partial charge in [-0.05, 0) is 89.3 Å². The zero-order chi connectivity index (χ0) is 66.6. The van der Waals surface area contributed by atoms with Gasteiger partial charge in [0.15, 0.2) is 11.6 Å². The number of carbonyl (C=O) groups is 12. The first-order valence-corrected chi connectivity index (χ1v) is 32.7. The normalized spacial score (nSPS) is 13.4. The number of ketones is 4. The number of hydrogen-bond acceptors (Lipinski definition) is 15. The van der Waals surface area contributed by atoms with Crippen molar-refractivity contribution in [2.24, 2.45) is 11.8 Å². The minimum Gasteiger partial charge on any atom is -0.508 e. The maximum Gasteiger partial charge on any atom is 0.326 e. The number of aromatic hydroxyl groups is 1. The molecular formula is C66H108N6O17. The molecule has 0 heterocycles. The molecule has 504 valence electrons. The summed E-state index contributed by atoms with van der Waals surface area (Å²) < 4.78 is 0. The van der Waals surface area contributed by atoms with Gasteiger partial charge < -0.3 is 57.4 Å². The Balaban J connectivity index is 2.50. The van der Waals surface area contributed by atoms with E-state index in [1.807, 2.05) is 6.92 Å². The number of unbranched alkanes of at least 4 members (excludes halogenated alkanes) is 17. The van der Waals surface area contributed by atoms with Crippen molar-refractivity contribution in [3.05, 3.63) is 29.8 Å². The fraction of sp³-hybridized carbons (Fsp3) is 0.727. The minimum atomic E-state index is -1.46. The molecule has 0 bridgehead atoms. The lowest BCUT2D eigenvalue weighted by Crippen LogP contribution is -2.59. The number of amides is 4. The highest BCUT2D eigenvalue weighted by Gasteiger charge is 2.34. The summed E-state index contributed by atoms with van der Waals surface area (Å²) in [4.78, 5) is 151. The number of nitrogens with one attached hydrogen (secondary N) is 6. The molecule has 6 atom stereocenters. The Morgan fingerprint density at radius 2 is 0.989 bits per heavy atom. The van der Waals surface area contributed by atoms with Crippen LogP contribution in [0.3, 0.4) is 0 Å². The van der Waals surface area contributed by atoms with Gasteiger partial charge in [0.2, 0.25) is 23.6 Å². The van der Waals surface area contributed by atoms with Crippen LogP contribution in [0.2, 0.25) is 0 Å². The number of aliphatic carboxylic acids is 4. The summed E-state index contributed by atoms with van der Waals surface area (Å²) >= 11 is 0. The monoisotopic (exact) mass is 1260 g/mol. The van der Waals surface area contributed by atoms with Crippen molar-refractivity contribution in [2.75, 3.05) is 19.6 Å². The van der Waals surface area contributed by atoms with Gasteiger partial charge in [0.25, 0.3) is 0 Å². The molecule has 0 spiro atoms. The van der Waals surface area contributed by atoms with E-state index in [0.717, 1.165) is 57.8 Å². The zero-order valence-electron chi connectivity index (χ0n) is 53.9. The number of carboxylic acids is 4. The first kappa shape index (κ1) is 80.4. The molecule has 1 aromatic carbocycles. The molecule has 11 N–H and O–H groups in total. The highest BCUT2D eigenvalue weighted by molar-refractivity contribution is 5.96. The quantitative estimate of drug-likeness (QED) is 0.0273. The summed E-state index contributed by atoms with van der Waals surface area (Å²) in [6, 6.07) is 2.26. The third-order valence-electron chi connectivity index (χ3n) is 16.1. The van der Waals surface area contributed by atoms with Gasteiger partial charge in [0, 0.05) is 58.4 Å². The van der Waals surface area contributed by atoms with E-state index >= 15 is 0 Å². The Morgan fingerprint density at radius 3 is 1.52 bits per heavy atom. The van der Waals surface area contributed by atoms with E-state index in [1.54, 1.807) is 19.1 Å². The third-order valence-corrected chi connectivity index (χ3v) is 16.1. The molecule has 23 heteroatoms. The Labute approximate surface area is 527 Å². The number of carbonyl (C=O) groups excluding carboxylic acids is 8. The number of hydrogen-bond donors (Lipinski definition) is 11. The van der Waals surface area contributed by atoms with Crippen molar-refractivity contribution in [2.45, 2.75) is 276 Å². The van der Waals surface area contributed by atoms with Crippen LogP contribution in [0.15, 0.2) is 24.3 Å². The van der Waals surface area contributed by atoms with Gasteiger partial charge in [-0.15, -0.1) is 0 Å². The van der Waals surface area contributed by atoms with E-state index in [4.69, 9.17) is 5.11 Å². The molecule has 0 aliphatic heterocycles. The Bertz CT molecular complexity index is 2350. The molecule has 89 heavy (non-hydrogen) atoms. The van der Waals surface area contributed by atoms with E-state index in [9.17, 15) is 78.0 Å². The van der Waals surface area contributed by atoms with Gasteiger partial charge in [-0.1, -0.05) is 135 Å². The number of benzene rings is 1. The van der Waals surface area contributed by atoms with Crippen molar-refractivity contribution >= 4 is 70.6 Å². The Kier molecular flexibility index (Phi) is 42.8. The molecule has 0 aliphatic rings. The summed E-state index contributed by atoms with van der Waals surface area (Å²) in [5.41, 5.74) is -0.728. The highest BCUT2D eigenvalue weighted by atomic mass is 16.4. The molecule has 1 rings (SSSR count). The fourth-order valence-electron chi connectivity index (χ4n) is 10.4. The van der Waals surface area contributed by atoms with Crippen molar-refractivity contribution in [3.63, 3.8) is 0 Å². The molecule has 0 fully saturated rings. The maximum atomic E-state index is 13.6. The van der Waals surface area contributed by atoms with Gasteiger partial charge >= 0.3 is 23.9 Å². The first-order valence-electron chi connectivity index (χ1n) is 32.7. The largest absolute Gasteiger partial charge is 0.508 e. The van der Waals surface area contributed by atoms with Crippen molar-refractivity contribution in [1.29, 1.82) is 0 Å². The lowest BCUT2D eigenvalue weighted by molar-refractivity contribution is -0.145. The topological polar surface area (TPSA) is 378 Å². The van der Waals surface area contributed by atoms with Gasteiger partial charge in [-0.3, -0.25) is 52.7 Å². The number of rotatable bonds is 57. The van der Waals surface area contributed by atoms with Gasteiger partial charge in [-0.2, -0.15) is 0 Å². The van der Waals surface area contributed by atoms with Crippen LogP contribution < -0.4 is 31.9 Å². The smallest absolute Gasteiger partial charge is 0.326 e. The molecule has 1 aromatic rings. The van der Waals surface area contributed by atoms with E-state index in [2.05, 4.69) is 31.9 Å². The summed E-state index contributed by atoms with van der Waals surface area (Å²) in [5, 5.41) is 64.3. The van der Waals surface area contributed by atoms with Crippen LogP contribution in [0.5, 0.6) is 5.75 Å². The lowest BCUT2D eigenvalue weighted by Gasteiger charge is -2.29. The molecule has 0 radical (unpaired) electrons. The summed E-state index contributed by atoms with van der Waals surface area (Å²) in [6.45, 7) is 7.74. The average Bonchev–Trinajstić information content (AvgIpc) is 3.56. The SMILES string of the molecule is CCCC[C@H](NCC(=O)C(C)(C)NC(=O)[C@@H](Cc1ccc(O)cc1)NC(C)=O)C(=O)CN[C@@H](CCCCNC(=O)CC[C@H](CC(=O)CC[C@H](NC(=O)CC[C@H](CCCCCCCCCCCCCCCCCCC(=O)O)C(=O)O)C(=O)O)C(=O)O)C(=O)CC.